The molecule has 0 aromatic heterocycles. The van der Waals surface area contributed by atoms with E-state index < -0.39 is 23.8 Å². The monoisotopic (exact) mass is 523 g/mol. The molecule has 0 aliphatic heterocycles. The number of nitrogens with one attached hydrogen (secondary N) is 2. The number of amides is 3. The summed E-state index contributed by atoms with van der Waals surface area (Å²) in [6, 6.07) is 13.2. The molecule has 2 aromatic carbocycles. The van der Waals surface area contributed by atoms with Crippen LogP contribution >= 0.6 is 0 Å². The van der Waals surface area contributed by atoms with E-state index in [9.17, 15) is 14.4 Å². The number of benzene rings is 2. The second-order valence-corrected chi connectivity index (χ2v) is 11.1. The Hall–Kier alpha value is -3.35. The maximum atomic E-state index is 14.3. The molecule has 2 N–H and O–H groups in total. The van der Waals surface area contributed by atoms with Crippen molar-refractivity contribution in [2.75, 3.05) is 5.32 Å². The second kappa shape index (κ2) is 13.4. The highest BCUT2D eigenvalue weighted by atomic mass is 16.6. The third-order valence-corrected chi connectivity index (χ3v) is 6.79. The van der Waals surface area contributed by atoms with Crippen molar-refractivity contribution in [3.63, 3.8) is 0 Å². The third kappa shape index (κ3) is 8.33. The minimum absolute atomic E-state index is 0.181. The molecule has 4 atom stereocenters. The van der Waals surface area contributed by atoms with Gasteiger partial charge in [-0.25, -0.2) is 4.79 Å². The van der Waals surface area contributed by atoms with Crippen molar-refractivity contribution >= 4 is 23.6 Å². The standard InChI is InChI=1S/C31H45N3O4/c1-10-21(4)26(33-30(37)38-31(7,8)9)29(36)34(23(6)11-2)27(24-18-16-20(3)17-19-24)28(35)32-25-15-13-12-14-22(25)5/h12-19,21,23,26-27H,10-11H2,1-9H3,(H,32,35)(H,33,37). The average Bonchev–Trinajstić information content (AvgIpc) is 2.85. The lowest BCUT2D eigenvalue weighted by molar-refractivity contribution is -0.144. The minimum atomic E-state index is -0.898. The lowest BCUT2D eigenvalue weighted by Gasteiger charge is -2.39. The second-order valence-electron chi connectivity index (χ2n) is 11.1. The molecule has 0 saturated carbocycles. The van der Waals surface area contributed by atoms with Gasteiger partial charge in [-0.2, -0.15) is 0 Å². The molecule has 0 spiro atoms. The quantitative estimate of drug-likeness (QED) is 0.370. The predicted octanol–water partition coefficient (Wildman–Crippen LogP) is 6.55. The smallest absolute Gasteiger partial charge is 0.408 e. The molecule has 2 aromatic rings. The zero-order chi connectivity index (χ0) is 28.6. The molecule has 0 aliphatic carbocycles. The number of ether oxygens (including phenoxy) is 1. The van der Waals surface area contributed by atoms with Gasteiger partial charge in [0, 0.05) is 11.7 Å². The number of alkyl carbamates (subject to hydrolysis) is 1. The predicted molar refractivity (Wildman–Crippen MR) is 153 cm³/mol. The van der Waals surface area contributed by atoms with Crippen molar-refractivity contribution in [2.24, 2.45) is 5.92 Å². The summed E-state index contributed by atoms with van der Waals surface area (Å²) in [5.74, 6) is -0.804. The normalized spacial score (nSPS) is 14.6. The lowest BCUT2D eigenvalue weighted by Crippen LogP contribution is -2.56. The first-order valence-electron chi connectivity index (χ1n) is 13.5. The third-order valence-electron chi connectivity index (χ3n) is 6.79. The van der Waals surface area contributed by atoms with Gasteiger partial charge in [0.05, 0.1) is 0 Å². The van der Waals surface area contributed by atoms with Crippen LogP contribution < -0.4 is 10.6 Å². The van der Waals surface area contributed by atoms with Gasteiger partial charge in [0.25, 0.3) is 5.91 Å². The van der Waals surface area contributed by atoms with Gasteiger partial charge in [-0.1, -0.05) is 75.2 Å². The highest BCUT2D eigenvalue weighted by molar-refractivity contribution is 5.99. The molecule has 0 bridgehead atoms. The molecule has 38 heavy (non-hydrogen) atoms. The highest BCUT2D eigenvalue weighted by Gasteiger charge is 2.40. The Morgan fingerprint density at radius 3 is 2.05 bits per heavy atom. The Morgan fingerprint density at radius 2 is 1.53 bits per heavy atom. The van der Waals surface area contributed by atoms with Crippen LogP contribution in [-0.4, -0.2) is 40.5 Å². The van der Waals surface area contributed by atoms with Gasteiger partial charge in [-0.3, -0.25) is 9.59 Å². The molecule has 2 rings (SSSR count). The van der Waals surface area contributed by atoms with Crippen molar-refractivity contribution in [3.05, 3.63) is 65.2 Å². The molecule has 0 fully saturated rings. The SMILES string of the molecule is CCC(C)C(NC(=O)OC(C)(C)C)C(=O)N(C(C)CC)C(C(=O)Nc1ccccc1C)c1ccc(C)cc1. The largest absolute Gasteiger partial charge is 0.444 e. The van der Waals surface area contributed by atoms with E-state index in [1.165, 1.54) is 0 Å². The van der Waals surface area contributed by atoms with Crippen LogP contribution in [0.5, 0.6) is 0 Å². The maximum Gasteiger partial charge on any atom is 0.408 e. The van der Waals surface area contributed by atoms with Gasteiger partial charge in [0.1, 0.15) is 17.7 Å². The van der Waals surface area contributed by atoms with Crippen LogP contribution in [0.4, 0.5) is 10.5 Å². The van der Waals surface area contributed by atoms with E-state index in [1.807, 2.05) is 90.1 Å². The molecule has 208 valence electrons. The molecule has 7 heteroatoms. The molecular formula is C31H45N3O4. The van der Waals surface area contributed by atoms with E-state index in [0.717, 1.165) is 11.1 Å². The number of nitrogens with zero attached hydrogens (tertiary/aromatic N) is 1. The van der Waals surface area contributed by atoms with Crippen LogP contribution in [0.3, 0.4) is 0 Å². The Morgan fingerprint density at radius 1 is 0.921 bits per heavy atom. The summed E-state index contributed by atoms with van der Waals surface area (Å²) >= 11 is 0. The van der Waals surface area contributed by atoms with E-state index >= 15 is 0 Å². The molecule has 0 heterocycles. The van der Waals surface area contributed by atoms with Gasteiger partial charge in [0.2, 0.25) is 5.91 Å². The summed E-state index contributed by atoms with van der Waals surface area (Å²) in [5, 5.41) is 5.86. The van der Waals surface area contributed by atoms with Gasteiger partial charge in [0.15, 0.2) is 0 Å². The Labute approximate surface area is 228 Å². The van der Waals surface area contributed by atoms with Gasteiger partial charge in [-0.05, 0) is 71.1 Å². The van der Waals surface area contributed by atoms with Gasteiger partial charge >= 0.3 is 6.09 Å². The van der Waals surface area contributed by atoms with Crippen molar-refractivity contribution in [1.29, 1.82) is 0 Å². The fourth-order valence-electron chi connectivity index (χ4n) is 4.18. The number of carbonyl (C=O) groups excluding carboxylic acids is 3. The molecule has 7 nitrogen and oxygen atoms in total. The average molecular weight is 524 g/mol. The summed E-state index contributed by atoms with van der Waals surface area (Å²) in [6.45, 7) is 17.0. The first kappa shape index (κ1) is 30.9. The van der Waals surface area contributed by atoms with Crippen LogP contribution in [0.1, 0.15) is 84.0 Å². The first-order valence-corrected chi connectivity index (χ1v) is 13.5. The lowest BCUT2D eigenvalue weighted by atomic mass is 9.94. The Kier molecular flexibility index (Phi) is 10.9. The number of hydrogen-bond acceptors (Lipinski definition) is 4. The van der Waals surface area contributed by atoms with E-state index in [4.69, 9.17) is 4.74 Å². The molecule has 0 saturated heterocycles. The van der Waals surface area contributed by atoms with E-state index in [2.05, 4.69) is 10.6 Å². The van der Waals surface area contributed by atoms with Crippen LogP contribution in [0.15, 0.2) is 48.5 Å². The van der Waals surface area contributed by atoms with Crippen molar-refractivity contribution in [3.8, 4) is 0 Å². The number of para-hydroxylation sites is 1. The van der Waals surface area contributed by atoms with Crippen LogP contribution in [0.2, 0.25) is 0 Å². The topological polar surface area (TPSA) is 87.7 Å². The van der Waals surface area contributed by atoms with E-state index in [0.29, 0.717) is 24.1 Å². The molecule has 4 unspecified atom stereocenters. The summed E-state index contributed by atoms with van der Waals surface area (Å²) in [6.07, 6.45) is 0.632. The van der Waals surface area contributed by atoms with Crippen molar-refractivity contribution in [2.45, 2.75) is 98.9 Å². The van der Waals surface area contributed by atoms with Gasteiger partial charge < -0.3 is 20.3 Å². The van der Waals surface area contributed by atoms with Gasteiger partial charge in [-0.15, -0.1) is 0 Å². The zero-order valence-electron chi connectivity index (χ0n) is 24.4. The fraction of sp³-hybridized carbons (Fsp3) is 0.516. The fourth-order valence-corrected chi connectivity index (χ4v) is 4.18. The van der Waals surface area contributed by atoms with Crippen LogP contribution in [-0.2, 0) is 14.3 Å². The molecule has 3 amide bonds. The first-order chi connectivity index (χ1) is 17.8. The molecule has 0 aliphatic rings. The molecular weight excluding hydrogens is 478 g/mol. The maximum absolute atomic E-state index is 14.3. The van der Waals surface area contributed by atoms with Crippen LogP contribution in [0.25, 0.3) is 0 Å². The minimum Gasteiger partial charge on any atom is -0.444 e. The van der Waals surface area contributed by atoms with E-state index in [-0.39, 0.29) is 23.8 Å². The summed E-state index contributed by atoms with van der Waals surface area (Å²) in [4.78, 5) is 42.7. The van der Waals surface area contributed by atoms with Crippen LogP contribution in [0, 0.1) is 19.8 Å². The van der Waals surface area contributed by atoms with E-state index in [1.54, 1.807) is 25.7 Å². The molecule has 0 radical (unpaired) electrons. The summed E-state index contributed by atoms with van der Waals surface area (Å²) < 4.78 is 5.48. The van der Waals surface area contributed by atoms with Crippen molar-refractivity contribution in [1.82, 2.24) is 10.2 Å². The zero-order valence-corrected chi connectivity index (χ0v) is 24.4. The highest BCUT2D eigenvalue weighted by Crippen LogP contribution is 2.29. The Balaban J connectivity index is 2.58. The Bertz CT molecular complexity index is 1090. The number of rotatable bonds is 10. The van der Waals surface area contributed by atoms with Crippen molar-refractivity contribution < 1.29 is 19.1 Å². The number of hydrogen-bond donors (Lipinski definition) is 2. The number of aryl methyl sites for hydroxylation is 2. The summed E-state index contributed by atoms with van der Waals surface area (Å²) in [5.41, 5.74) is 2.67. The number of carbonyl (C=O) groups is 3. The number of anilines is 1. The summed E-state index contributed by atoms with van der Waals surface area (Å²) in [7, 11) is 0.